The number of hydrogen-bond acceptors (Lipinski definition) is 1. The lowest BCUT2D eigenvalue weighted by Crippen LogP contribution is -2.06. The van der Waals surface area contributed by atoms with Crippen LogP contribution in [0.25, 0.3) is 0 Å². The van der Waals surface area contributed by atoms with Gasteiger partial charge in [-0.2, -0.15) is 0 Å². The number of hydrogen-bond donors (Lipinski definition) is 0. The minimum atomic E-state index is 0.366. The monoisotopic (exact) mass is 162 g/mol. The van der Waals surface area contributed by atoms with E-state index in [4.69, 9.17) is 0 Å². The molecule has 2 rings (SSSR count). The fraction of sp³-hybridized carbons (Fsp3) is 0.545. The Morgan fingerprint density at radius 2 is 2.17 bits per heavy atom. The third-order valence-electron chi connectivity index (χ3n) is 2.78. The molecule has 0 N–H and O–H groups in total. The van der Waals surface area contributed by atoms with Gasteiger partial charge in [-0.25, -0.2) is 0 Å². The second-order valence-electron chi connectivity index (χ2n) is 3.93. The molecule has 0 fully saturated rings. The Morgan fingerprint density at radius 1 is 1.42 bits per heavy atom. The third-order valence-corrected chi connectivity index (χ3v) is 2.78. The third kappa shape index (κ3) is 1.04. The van der Waals surface area contributed by atoms with Crippen LogP contribution in [0.4, 0.5) is 0 Å². The molecule has 0 aliphatic heterocycles. The maximum absolute atomic E-state index is 11.4. The highest BCUT2D eigenvalue weighted by molar-refractivity contribution is 6.02. The van der Waals surface area contributed by atoms with Gasteiger partial charge >= 0.3 is 0 Å². The molecule has 1 heteroatoms. The van der Waals surface area contributed by atoms with Crippen molar-refractivity contribution in [3.05, 3.63) is 22.8 Å². The molecule has 2 aliphatic rings. The lowest BCUT2D eigenvalue weighted by molar-refractivity contribution is -0.114. The molecule has 0 radical (unpaired) electrons. The largest absolute Gasteiger partial charge is 0.294 e. The van der Waals surface area contributed by atoms with Crippen LogP contribution in [-0.2, 0) is 4.79 Å². The maximum atomic E-state index is 11.4. The molecule has 0 saturated carbocycles. The summed E-state index contributed by atoms with van der Waals surface area (Å²) in [7, 11) is 0. The molecule has 0 spiro atoms. The summed E-state index contributed by atoms with van der Waals surface area (Å²) in [5.74, 6) is 1.00. The van der Waals surface area contributed by atoms with E-state index in [0.717, 1.165) is 24.8 Å². The first-order valence-electron chi connectivity index (χ1n) is 4.62. The molecule has 1 unspecified atom stereocenters. The number of allylic oxidation sites excluding steroid dienone is 4. The lowest BCUT2D eigenvalue weighted by atomic mass is 9.87. The Labute approximate surface area is 73.2 Å². The van der Waals surface area contributed by atoms with Crippen LogP contribution >= 0.6 is 0 Å². The van der Waals surface area contributed by atoms with Crippen LogP contribution in [-0.4, -0.2) is 5.78 Å². The van der Waals surface area contributed by atoms with E-state index in [1.165, 1.54) is 11.1 Å². The zero-order valence-electron chi connectivity index (χ0n) is 7.68. The van der Waals surface area contributed by atoms with Crippen LogP contribution in [0.2, 0.25) is 0 Å². The summed E-state index contributed by atoms with van der Waals surface area (Å²) >= 11 is 0. The van der Waals surface area contributed by atoms with Crippen molar-refractivity contribution in [3.63, 3.8) is 0 Å². The van der Waals surface area contributed by atoms with Gasteiger partial charge in [0.1, 0.15) is 0 Å². The number of rotatable bonds is 0. The Kier molecular flexibility index (Phi) is 1.67. The number of carbonyl (C=O) groups is 1. The molecule has 0 aromatic rings. The van der Waals surface area contributed by atoms with Gasteiger partial charge in [0.25, 0.3) is 0 Å². The number of Topliss-reactive ketones (excluding diaryl/α,β-unsaturated/α-hetero) is 1. The molecule has 1 atom stereocenters. The van der Waals surface area contributed by atoms with E-state index in [2.05, 4.69) is 19.9 Å². The first-order chi connectivity index (χ1) is 5.68. The summed E-state index contributed by atoms with van der Waals surface area (Å²) in [5.41, 5.74) is 3.69. The van der Waals surface area contributed by atoms with Crippen molar-refractivity contribution in [1.82, 2.24) is 0 Å². The van der Waals surface area contributed by atoms with Crippen molar-refractivity contribution in [3.8, 4) is 0 Å². The average molecular weight is 162 g/mol. The highest BCUT2D eigenvalue weighted by Gasteiger charge is 2.27. The molecular formula is C11H14O. The molecule has 1 nitrogen and oxygen atoms in total. The van der Waals surface area contributed by atoms with Gasteiger partial charge in [0.15, 0.2) is 5.78 Å². The Morgan fingerprint density at radius 3 is 2.92 bits per heavy atom. The van der Waals surface area contributed by atoms with Crippen LogP contribution in [0, 0.1) is 5.92 Å². The predicted octanol–water partition coefficient (Wildman–Crippen LogP) is 2.63. The van der Waals surface area contributed by atoms with Gasteiger partial charge < -0.3 is 0 Å². The molecular weight excluding hydrogens is 148 g/mol. The topological polar surface area (TPSA) is 17.1 Å². The van der Waals surface area contributed by atoms with E-state index >= 15 is 0 Å². The second kappa shape index (κ2) is 2.58. The predicted molar refractivity (Wildman–Crippen MR) is 48.8 cm³/mol. The highest BCUT2D eigenvalue weighted by atomic mass is 16.1. The van der Waals surface area contributed by atoms with E-state index < -0.39 is 0 Å². The van der Waals surface area contributed by atoms with Crippen LogP contribution < -0.4 is 0 Å². The zero-order valence-corrected chi connectivity index (χ0v) is 7.68. The molecule has 0 heterocycles. The van der Waals surface area contributed by atoms with Gasteiger partial charge in [0.05, 0.1) is 0 Å². The van der Waals surface area contributed by atoms with E-state index in [0.29, 0.717) is 11.7 Å². The Balaban J connectivity index is 2.41. The molecule has 0 aromatic carbocycles. The van der Waals surface area contributed by atoms with Gasteiger partial charge in [-0.05, 0) is 31.3 Å². The van der Waals surface area contributed by atoms with Crippen molar-refractivity contribution >= 4 is 5.78 Å². The quantitative estimate of drug-likeness (QED) is 0.535. The molecule has 2 aliphatic carbocycles. The average Bonchev–Trinajstić information content (AvgIpc) is 2.31. The van der Waals surface area contributed by atoms with Crippen LogP contribution in [0.3, 0.4) is 0 Å². The SMILES string of the molecule is CC1=CC(C)CC2=C1C(=O)CC2. The van der Waals surface area contributed by atoms with Gasteiger partial charge in [0.2, 0.25) is 0 Å². The number of ketones is 1. The second-order valence-corrected chi connectivity index (χ2v) is 3.93. The maximum Gasteiger partial charge on any atom is 0.163 e. The van der Waals surface area contributed by atoms with E-state index in [1.807, 2.05) is 0 Å². The van der Waals surface area contributed by atoms with Crippen molar-refractivity contribution in [2.75, 3.05) is 0 Å². The van der Waals surface area contributed by atoms with Gasteiger partial charge in [-0.3, -0.25) is 4.79 Å². The fourth-order valence-electron chi connectivity index (χ4n) is 2.37. The van der Waals surface area contributed by atoms with Gasteiger partial charge in [-0.1, -0.05) is 18.6 Å². The summed E-state index contributed by atoms with van der Waals surface area (Å²) in [6, 6.07) is 0. The first-order valence-corrected chi connectivity index (χ1v) is 4.62. The Hall–Kier alpha value is -0.850. The van der Waals surface area contributed by atoms with Crippen molar-refractivity contribution in [2.45, 2.75) is 33.1 Å². The minimum Gasteiger partial charge on any atom is -0.294 e. The standard InChI is InChI=1S/C11H14O/c1-7-5-8(2)11-9(6-7)3-4-10(11)12/h5,7H,3-4,6H2,1-2H3. The minimum absolute atomic E-state index is 0.366. The van der Waals surface area contributed by atoms with Crippen molar-refractivity contribution < 1.29 is 4.79 Å². The highest BCUT2D eigenvalue weighted by Crippen LogP contribution is 2.36. The Bertz CT molecular complexity index is 294. The number of carbonyl (C=O) groups excluding carboxylic acids is 1. The van der Waals surface area contributed by atoms with Crippen molar-refractivity contribution in [2.24, 2.45) is 5.92 Å². The molecule has 0 saturated heterocycles. The summed E-state index contributed by atoms with van der Waals surface area (Å²) < 4.78 is 0. The normalized spacial score (nSPS) is 29.0. The summed E-state index contributed by atoms with van der Waals surface area (Å²) in [5, 5.41) is 0. The fourth-order valence-corrected chi connectivity index (χ4v) is 2.37. The van der Waals surface area contributed by atoms with E-state index in [1.54, 1.807) is 0 Å². The van der Waals surface area contributed by atoms with Crippen LogP contribution in [0.5, 0.6) is 0 Å². The van der Waals surface area contributed by atoms with E-state index in [-0.39, 0.29) is 0 Å². The zero-order chi connectivity index (χ0) is 8.72. The summed E-state index contributed by atoms with van der Waals surface area (Å²) in [6.07, 6.45) is 5.10. The molecule has 0 aromatic heterocycles. The summed E-state index contributed by atoms with van der Waals surface area (Å²) in [4.78, 5) is 11.4. The molecule has 0 bridgehead atoms. The van der Waals surface area contributed by atoms with E-state index in [9.17, 15) is 4.79 Å². The van der Waals surface area contributed by atoms with Crippen molar-refractivity contribution in [1.29, 1.82) is 0 Å². The van der Waals surface area contributed by atoms with Crippen LogP contribution in [0.1, 0.15) is 33.1 Å². The smallest absolute Gasteiger partial charge is 0.163 e. The molecule has 12 heavy (non-hydrogen) atoms. The first kappa shape index (κ1) is 7.78. The van der Waals surface area contributed by atoms with Gasteiger partial charge in [0, 0.05) is 12.0 Å². The summed E-state index contributed by atoms with van der Waals surface area (Å²) in [6.45, 7) is 4.28. The van der Waals surface area contributed by atoms with Crippen LogP contribution in [0.15, 0.2) is 22.8 Å². The van der Waals surface area contributed by atoms with Gasteiger partial charge in [-0.15, -0.1) is 0 Å². The lowest BCUT2D eigenvalue weighted by Gasteiger charge is -2.17. The molecule has 64 valence electrons. The molecule has 0 amide bonds.